The van der Waals surface area contributed by atoms with Gasteiger partial charge < -0.3 is 9.47 Å². The molecule has 0 saturated carbocycles. The standard InChI is InChI=1S/C7H15FO2S/c1-6(4-9-5-8)10-7(2)11-3/h6-7H,4-5H2,1-3H3/t6-,7?/m0/s1. The predicted molar refractivity (Wildman–Crippen MR) is 45.5 cm³/mol. The fraction of sp³-hybridized carbons (Fsp3) is 1.00. The highest BCUT2D eigenvalue weighted by atomic mass is 32.2. The van der Waals surface area contributed by atoms with Gasteiger partial charge in [-0.25, -0.2) is 4.39 Å². The third-order valence-corrected chi connectivity index (χ3v) is 1.96. The Morgan fingerprint density at radius 1 is 1.45 bits per heavy atom. The Morgan fingerprint density at radius 2 is 2.09 bits per heavy atom. The molecule has 0 saturated heterocycles. The molecule has 0 rings (SSSR count). The van der Waals surface area contributed by atoms with Crippen LogP contribution >= 0.6 is 11.8 Å². The lowest BCUT2D eigenvalue weighted by Crippen LogP contribution is -2.19. The second kappa shape index (κ2) is 6.88. The van der Waals surface area contributed by atoms with Gasteiger partial charge in [0.1, 0.15) is 5.44 Å². The summed E-state index contributed by atoms with van der Waals surface area (Å²) in [5.74, 6) is 0. The van der Waals surface area contributed by atoms with Crippen LogP contribution in [0.25, 0.3) is 0 Å². The molecule has 0 aromatic heterocycles. The highest BCUT2D eigenvalue weighted by Crippen LogP contribution is 2.09. The van der Waals surface area contributed by atoms with E-state index in [0.29, 0.717) is 6.61 Å². The molecule has 2 nitrogen and oxygen atoms in total. The fourth-order valence-electron chi connectivity index (χ4n) is 0.632. The number of alkyl halides is 1. The highest BCUT2D eigenvalue weighted by molar-refractivity contribution is 7.99. The molecule has 0 aromatic carbocycles. The van der Waals surface area contributed by atoms with E-state index in [1.807, 2.05) is 20.1 Å². The molecule has 68 valence electrons. The van der Waals surface area contributed by atoms with Crippen LogP contribution in [0.1, 0.15) is 13.8 Å². The molecular weight excluding hydrogens is 167 g/mol. The van der Waals surface area contributed by atoms with Gasteiger partial charge in [0.15, 0.2) is 6.86 Å². The molecule has 0 aliphatic carbocycles. The lowest BCUT2D eigenvalue weighted by molar-refractivity contribution is -0.0359. The van der Waals surface area contributed by atoms with Crippen molar-refractivity contribution in [1.82, 2.24) is 0 Å². The minimum atomic E-state index is -0.735. The van der Waals surface area contributed by atoms with Crippen molar-refractivity contribution in [3.8, 4) is 0 Å². The second-order valence-corrected chi connectivity index (χ2v) is 3.37. The highest BCUT2D eigenvalue weighted by Gasteiger charge is 2.06. The molecule has 2 atom stereocenters. The zero-order valence-electron chi connectivity index (χ0n) is 7.17. The molecule has 0 radical (unpaired) electrons. The van der Waals surface area contributed by atoms with E-state index < -0.39 is 6.86 Å². The summed E-state index contributed by atoms with van der Waals surface area (Å²) in [5.41, 5.74) is 0.146. The second-order valence-electron chi connectivity index (χ2n) is 2.23. The number of ether oxygens (including phenoxy) is 2. The van der Waals surface area contributed by atoms with E-state index in [0.717, 1.165) is 0 Å². The molecular formula is C7H15FO2S. The lowest BCUT2D eigenvalue weighted by atomic mass is 10.4. The van der Waals surface area contributed by atoms with Crippen molar-refractivity contribution in [2.75, 3.05) is 19.7 Å². The van der Waals surface area contributed by atoms with E-state index in [9.17, 15) is 4.39 Å². The van der Waals surface area contributed by atoms with Crippen molar-refractivity contribution in [3.63, 3.8) is 0 Å². The van der Waals surface area contributed by atoms with Gasteiger partial charge in [0.05, 0.1) is 12.7 Å². The van der Waals surface area contributed by atoms with E-state index in [1.54, 1.807) is 11.8 Å². The zero-order valence-corrected chi connectivity index (χ0v) is 7.99. The molecule has 0 aliphatic rings. The van der Waals surface area contributed by atoms with Gasteiger partial charge in [-0.05, 0) is 20.1 Å². The van der Waals surface area contributed by atoms with Gasteiger partial charge in [0, 0.05) is 0 Å². The Kier molecular flexibility index (Phi) is 7.01. The Hall–Kier alpha value is 0.200. The predicted octanol–water partition coefficient (Wildman–Crippen LogP) is 2.04. The van der Waals surface area contributed by atoms with Crippen LogP contribution < -0.4 is 0 Å². The number of halogens is 1. The van der Waals surface area contributed by atoms with Crippen molar-refractivity contribution in [3.05, 3.63) is 0 Å². The fourth-order valence-corrected chi connectivity index (χ4v) is 0.933. The van der Waals surface area contributed by atoms with Crippen LogP contribution in [-0.2, 0) is 9.47 Å². The maximum atomic E-state index is 11.5. The summed E-state index contributed by atoms with van der Waals surface area (Å²) < 4.78 is 21.4. The first-order valence-corrected chi connectivity index (χ1v) is 4.81. The summed E-state index contributed by atoms with van der Waals surface area (Å²) in [6.45, 7) is 3.40. The summed E-state index contributed by atoms with van der Waals surface area (Å²) in [7, 11) is 0. The van der Waals surface area contributed by atoms with Crippen LogP contribution in [0.5, 0.6) is 0 Å². The molecule has 0 N–H and O–H groups in total. The van der Waals surface area contributed by atoms with Crippen LogP contribution in [0.3, 0.4) is 0 Å². The van der Waals surface area contributed by atoms with Crippen molar-refractivity contribution >= 4 is 11.8 Å². The molecule has 11 heavy (non-hydrogen) atoms. The van der Waals surface area contributed by atoms with Crippen molar-refractivity contribution in [2.24, 2.45) is 0 Å². The van der Waals surface area contributed by atoms with Gasteiger partial charge >= 0.3 is 0 Å². The van der Waals surface area contributed by atoms with Crippen molar-refractivity contribution in [2.45, 2.75) is 25.4 Å². The largest absolute Gasteiger partial charge is 0.363 e. The minimum absolute atomic E-state index is 0.0341. The van der Waals surface area contributed by atoms with E-state index >= 15 is 0 Å². The van der Waals surface area contributed by atoms with Gasteiger partial charge in [-0.15, -0.1) is 11.8 Å². The maximum Gasteiger partial charge on any atom is 0.188 e. The number of thioether (sulfide) groups is 1. The molecule has 4 heteroatoms. The monoisotopic (exact) mass is 182 g/mol. The summed E-state index contributed by atoms with van der Waals surface area (Å²) >= 11 is 1.62. The average molecular weight is 182 g/mol. The van der Waals surface area contributed by atoms with Gasteiger partial charge in [0.2, 0.25) is 0 Å². The topological polar surface area (TPSA) is 18.5 Å². The quantitative estimate of drug-likeness (QED) is 0.586. The molecule has 0 aliphatic heterocycles. The molecule has 0 aromatic rings. The summed E-state index contributed by atoms with van der Waals surface area (Å²) in [4.78, 5) is 0. The molecule has 0 fully saturated rings. The normalized spacial score (nSPS) is 16.4. The molecule has 1 unspecified atom stereocenters. The number of hydrogen-bond acceptors (Lipinski definition) is 3. The van der Waals surface area contributed by atoms with Crippen LogP contribution in [0.4, 0.5) is 4.39 Å². The Labute approximate surface area is 71.4 Å². The first-order valence-electron chi connectivity index (χ1n) is 3.52. The Morgan fingerprint density at radius 3 is 2.55 bits per heavy atom. The minimum Gasteiger partial charge on any atom is -0.363 e. The zero-order chi connectivity index (χ0) is 8.69. The van der Waals surface area contributed by atoms with Gasteiger partial charge in [0.25, 0.3) is 0 Å². The van der Waals surface area contributed by atoms with Crippen LogP contribution in [0.15, 0.2) is 0 Å². The first kappa shape index (κ1) is 11.2. The van der Waals surface area contributed by atoms with Crippen LogP contribution in [-0.4, -0.2) is 31.3 Å². The lowest BCUT2D eigenvalue weighted by Gasteiger charge is -2.16. The smallest absolute Gasteiger partial charge is 0.188 e. The summed E-state index contributed by atoms with van der Waals surface area (Å²) in [6, 6.07) is 0. The van der Waals surface area contributed by atoms with Gasteiger partial charge in [-0.3, -0.25) is 0 Å². The van der Waals surface area contributed by atoms with E-state index in [-0.39, 0.29) is 11.5 Å². The molecule has 0 amide bonds. The first-order chi connectivity index (χ1) is 5.20. The summed E-state index contributed by atoms with van der Waals surface area (Å²) in [6.07, 6.45) is 1.93. The van der Waals surface area contributed by atoms with E-state index in [4.69, 9.17) is 4.74 Å². The van der Waals surface area contributed by atoms with Gasteiger partial charge in [-0.1, -0.05) is 0 Å². The van der Waals surface area contributed by atoms with E-state index in [1.165, 1.54) is 0 Å². The number of hydrogen-bond donors (Lipinski definition) is 0. The molecule has 0 heterocycles. The van der Waals surface area contributed by atoms with Crippen LogP contribution in [0.2, 0.25) is 0 Å². The Bertz CT molecular complexity index is 92.5. The number of rotatable bonds is 6. The third kappa shape index (κ3) is 6.59. The molecule has 0 spiro atoms. The SMILES string of the molecule is CSC(C)O[C@@H](C)COCF. The molecule has 0 bridgehead atoms. The van der Waals surface area contributed by atoms with Gasteiger partial charge in [-0.2, -0.15) is 0 Å². The maximum absolute atomic E-state index is 11.5. The van der Waals surface area contributed by atoms with Crippen molar-refractivity contribution in [1.29, 1.82) is 0 Å². The average Bonchev–Trinajstić information content (AvgIpc) is 2.00. The summed E-state index contributed by atoms with van der Waals surface area (Å²) in [5, 5.41) is 0. The Balaban J connectivity index is 3.27. The third-order valence-electron chi connectivity index (χ3n) is 1.19. The van der Waals surface area contributed by atoms with Crippen molar-refractivity contribution < 1.29 is 13.9 Å². The van der Waals surface area contributed by atoms with Crippen LogP contribution in [0, 0.1) is 0 Å². The van der Waals surface area contributed by atoms with E-state index in [2.05, 4.69) is 4.74 Å².